The molecule has 0 bridgehead atoms. The van der Waals surface area contributed by atoms with Crippen LogP contribution in [0, 0.1) is 0 Å². The number of rotatable bonds is 8. The molecule has 0 radical (unpaired) electrons. The van der Waals surface area contributed by atoms with E-state index >= 15 is 0 Å². The van der Waals surface area contributed by atoms with Crippen molar-refractivity contribution in [1.82, 2.24) is 10.1 Å². The summed E-state index contributed by atoms with van der Waals surface area (Å²) in [5.74, 6) is 0.782. The second-order valence-electron chi connectivity index (χ2n) is 4.19. The van der Waals surface area contributed by atoms with Gasteiger partial charge in [0.1, 0.15) is 6.61 Å². The summed E-state index contributed by atoms with van der Waals surface area (Å²) in [5, 5.41) is 3.70. The highest BCUT2D eigenvalue weighted by Crippen LogP contribution is 2.18. The number of nitrogens with zero attached hydrogens (tertiary/aromatic N) is 2. The third-order valence-electron chi connectivity index (χ3n) is 2.49. The van der Waals surface area contributed by atoms with Gasteiger partial charge < -0.3 is 15.0 Å². The summed E-state index contributed by atoms with van der Waals surface area (Å²) in [4.78, 5) is 4.11. The number of ether oxygens (including phenoxy) is 1. The van der Waals surface area contributed by atoms with Gasteiger partial charge in [-0.05, 0) is 6.42 Å². The molecule has 0 aromatic carbocycles. The minimum atomic E-state index is -4.31. The molecule has 5 nitrogen and oxygen atoms in total. The second-order valence-corrected chi connectivity index (χ2v) is 4.19. The molecule has 1 heterocycles. The summed E-state index contributed by atoms with van der Waals surface area (Å²) >= 11 is 0. The molecule has 0 fully saturated rings. The zero-order valence-corrected chi connectivity index (χ0v) is 10.7. The average molecular weight is 281 g/mol. The molecule has 0 aliphatic carbocycles. The third-order valence-corrected chi connectivity index (χ3v) is 2.49. The average Bonchev–Trinajstić information content (AvgIpc) is 2.79. The Morgan fingerprint density at radius 1 is 1.42 bits per heavy atom. The summed E-state index contributed by atoms with van der Waals surface area (Å²) in [6, 6.07) is 0. The summed E-state index contributed by atoms with van der Waals surface area (Å²) in [6.07, 6.45) is -2.35. The number of nitrogens with two attached hydrogens (primary N) is 1. The molecule has 2 N–H and O–H groups in total. The number of hydrogen-bond donors (Lipinski definition) is 1. The van der Waals surface area contributed by atoms with Gasteiger partial charge in [-0.15, -0.1) is 0 Å². The van der Waals surface area contributed by atoms with Crippen LogP contribution in [0.25, 0.3) is 0 Å². The van der Waals surface area contributed by atoms with Crippen molar-refractivity contribution in [2.75, 3.05) is 19.8 Å². The maximum atomic E-state index is 11.8. The maximum Gasteiger partial charge on any atom is 0.411 e. The van der Waals surface area contributed by atoms with Crippen LogP contribution in [-0.4, -0.2) is 36.1 Å². The second kappa shape index (κ2) is 7.44. The number of aromatic nitrogens is 2. The lowest BCUT2D eigenvalue weighted by Crippen LogP contribution is -2.18. The van der Waals surface area contributed by atoms with Gasteiger partial charge in [0.15, 0.2) is 5.82 Å². The van der Waals surface area contributed by atoms with Crippen molar-refractivity contribution in [2.24, 2.45) is 5.73 Å². The van der Waals surface area contributed by atoms with Crippen LogP contribution in [0.3, 0.4) is 0 Å². The topological polar surface area (TPSA) is 74.2 Å². The van der Waals surface area contributed by atoms with Gasteiger partial charge in [-0.3, -0.25) is 0 Å². The summed E-state index contributed by atoms with van der Waals surface area (Å²) in [5.41, 5.74) is 5.59. The van der Waals surface area contributed by atoms with E-state index in [1.54, 1.807) is 0 Å². The predicted molar refractivity (Wildman–Crippen MR) is 61.6 cm³/mol. The zero-order chi connectivity index (χ0) is 14.3. The van der Waals surface area contributed by atoms with Crippen molar-refractivity contribution in [3.8, 4) is 0 Å². The summed E-state index contributed by atoms with van der Waals surface area (Å²) in [7, 11) is 0. The van der Waals surface area contributed by atoms with Crippen LogP contribution in [0.15, 0.2) is 4.52 Å². The van der Waals surface area contributed by atoms with Crippen LogP contribution < -0.4 is 5.73 Å². The van der Waals surface area contributed by atoms with Gasteiger partial charge >= 0.3 is 6.18 Å². The third kappa shape index (κ3) is 6.02. The highest BCUT2D eigenvalue weighted by Gasteiger charge is 2.27. The van der Waals surface area contributed by atoms with E-state index in [2.05, 4.69) is 14.9 Å². The van der Waals surface area contributed by atoms with Gasteiger partial charge in [-0.2, -0.15) is 18.2 Å². The molecule has 1 unspecified atom stereocenters. The highest BCUT2D eigenvalue weighted by atomic mass is 19.4. The van der Waals surface area contributed by atoms with E-state index in [1.807, 2.05) is 6.92 Å². The molecule has 1 rings (SSSR count). The fourth-order valence-corrected chi connectivity index (χ4v) is 1.58. The lowest BCUT2D eigenvalue weighted by Gasteiger charge is -2.07. The molecular formula is C11H18F3N3O2. The van der Waals surface area contributed by atoms with Gasteiger partial charge in [-0.25, -0.2) is 0 Å². The normalized spacial score (nSPS) is 13.7. The molecule has 0 aliphatic heterocycles. The summed E-state index contributed by atoms with van der Waals surface area (Å²) < 4.78 is 45.0. The van der Waals surface area contributed by atoms with Crippen LogP contribution in [0.1, 0.15) is 37.4 Å². The lowest BCUT2D eigenvalue weighted by atomic mass is 10.0. The van der Waals surface area contributed by atoms with E-state index < -0.39 is 12.8 Å². The van der Waals surface area contributed by atoms with Crippen molar-refractivity contribution in [3.05, 3.63) is 11.7 Å². The molecule has 0 saturated carbocycles. The Hall–Kier alpha value is -1.15. The zero-order valence-electron chi connectivity index (χ0n) is 10.7. The quantitative estimate of drug-likeness (QED) is 0.738. The molecule has 1 aromatic rings. The highest BCUT2D eigenvalue weighted by molar-refractivity contribution is 4.94. The largest absolute Gasteiger partial charge is 0.411 e. The SMILES string of the molecule is CCCC(CN)c1nc(CCOCC(F)(F)F)no1. The van der Waals surface area contributed by atoms with Crippen LogP contribution in [0.5, 0.6) is 0 Å². The summed E-state index contributed by atoms with van der Waals surface area (Å²) in [6.45, 7) is 1.06. The first kappa shape index (κ1) is 15.9. The van der Waals surface area contributed by atoms with Crippen molar-refractivity contribution >= 4 is 0 Å². The molecule has 110 valence electrons. The van der Waals surface area contributed by atoms with Gasteiger partial charge in [0.25, 0.3) is 0 Å². The fourth-order valence-electron chi connectivity index (χ4n) is 1.58. The standard InChI is InChI=1S/C11H18F3N3O2/c1-2-3-8(6-15)10-16-9(17-19-10)4-5-18-7-11(12,13)14/h8H,2-7,15H2,1H3. The van der Waals surface area contributed by atoms with Crippen LogP contribution in [-0.2, 0) is 11.2 Å². The first-order valence-electron chi connectivity index (χ1n) is 6.13. The molecular weight excluding hydrogens is 263 g/mol. The monoisotopic (exact) mass is 281 g/mol. The Balaban J connectivity index is 2.38. The van der Waals surface area contributed by atoms with Crippen molar-refractivity contribution < 1.29 is 22.4 Å². The molecule has 8 heteroatoms. The van der Waals surface area contributed by atoms with E-state index in [9.17, 15) is 13.2 Å². The molecule has 1 atom stereocenters. The molecule has 19 heavy (non-hydrogen) atoms. The number of hydrogen-bond acceptors (Lipinski definition) is 5. The van der Waals surface area contributed by atoms with Crippen LogP contribution in [0.4, 0.5) is 13.2 Å². The Labute approximate surface area is 109 Å². The first-order valence-corrected chi connectivity index (χ1v) is 6.13. The van der Waals surface area contributed by atoms with Gasteiger partial charge in [0.05, 0.1) is 12.5 Å². The minimum absolute atomic E-state index is 0.00217. The predicted octanol–water partition coefficient (Wildman–Crippen LogP) is 2.03. The first-order chi connectivity index (χ1) is 8.96. The Bertz CT molecular complexity index is 368. The van der Waals surface area contributed by atoms with E-state index in [0.29, 0.717) is 18.3 Å². The van der Waals surface area contributed by atoms with Gasteiger partial charge in [0.2, 0.25) is 5.89 Å². The Kier molecular flexibility index (Phi) is 6.23. The fraction of sp³-hybridized carbons (Fsp3) is 0.818. The van der Waals surface area contributed by atoms with Crippen LogP contribution in [0.2, 0.25) is 0 Å². The van der Waals surface area contributed by atoms with Crippen LogP contribution >= 0.6 is 0 Å². The van der Waals surface area contributed by atoms with Crippen molar-refractivity contribution in [2.45, 2.75) is 38.3 Å². The van der Waals surface area contributed by atoms with E-state index in [4.69, 9.17) is 10.3 Å². The Morgan fingerprint density at radius 2 is 2.16 bits per heavy atom. The van der Waals surface area contributed by atoms with E-state index in [0.717, 1.165) is 12.8 Å². The number of halogens is 3. The smallest absolute Gasteiger partial charge is 0.372 e. The van der Waals surface area contributed by atoms with E-state index in [-0.39, 0.29) is 18.9 Å². The molecule has 0 saturated heterocycles. The molecule has 0 aliphatic rings. The maximum absolute atomic E-state index is 11.8. The lowest BCUT2D eigenvalue weighted by molar-refractivity contribution is -0.173. The van der Waals surface area contributed by atoms with Gasteiger partial charge in [0, 0.05) is 13.0 Å². The molecule has 1 aromatic heterocycles. The van der Waals surface area contributed by atoms with Crippen molar-refractivity contribution in [1.29, 1.82) is 0 Å². The minimum Gasteiger partial charge on any atom is -0.372 e. The molecule has 0 amide bonds. The molecule has 0 spiro atoms. The number of alkyl halides is 3. The Morgan fingerprint density at radius 3 is 2.74 bits per heavy atom. The van der Waals surface area contributed by atoms with Crippen molar-refractivity contribution in [3.63, 3.8) is 0 Å². The van der Waals surface area contributed by atoms with E-state index in [1.165, 1.54) is 0 Å². The van der Waals surface area contributed by atoms with Gasteiger partial charge in [-0.1, -0.05) is 18.5 Å².